The van der Waals surface area contributed by atoms with Crippen molar-refractivity contribution >= 4 is 47.4 Å². The van der Waals surface area contributed by atoms with E-state index in [1.165, 1.54) is 86.8 Å². The van der Waals surface area contributed by atoms with Crippen molar-refractivity contribution in [3.8, 4) is 0 Å². The summed E-state index contributed by atoms with van der Waals surface area (Å²) in [5, 5.41) is 20.7. The highest BCUT2D eigenvalue weighted by molar-refractivity contribution is 5.97. The first-order valence-corrected chi connectivity index (χ1v) is 25.1. The van der Waals surface area contributed by atoms with E-state index in [1.807, 2.05) is 27.7 Å². The molecule has 0 unspecified atom stereocenters. The van der Waals surface area contributed by atoms with Gasteiger partial charge in [0.05, 0.1) is 6.54 Å². The molecule has 0 aliphatic carbocycles. The summed E-state index contributed by atoms with van der Waals surface area (Å²) in [5.41, 5.74) is 10.7. The lowest BCUT2D eigenvalue weighted by molar-refractivity contribution is -0.144. The van der Waals surface area contributed by atoms with E-state index in [1.54, 1.807) is 0 Å². The van der Waals surface area contributed by atoms with Crippen molar-refractivity contribution in [2.75, 3.05) is 26.2 Å². The zero-order valence-electron chi connectivity index (χ0n) is 40.6. The SMILES string of the molecule is CCCCCCCCCCCCCCCCCC(=O)NCC(=O)N1CCC[C@H]1C(=O)N[C@@H](CC(C)C)C(=O)N1CCC[C@H]1C(=O)N[C@@H](CC(C)C)C(=O)N[C@@H](CCCN=C(N)N)C(=O)O. The molecule has 17 heteroatoms. The minimum Gasteiger partial charge on any atom is -0.480 e. The molecule has 2 rings (SSSR count). The summed E-state index contributed by atoms with van der Waals surface area (Å²) in [4.78, 5) is 100.0. The molecule has 65 heavy (non-hydrogen) atoms. The number of carboxylic acids is 1. The van der Waals surface area contributed by atoms with Crippen LogP contribution < -0.4 is 32.7 Å². The molecule has 0 bridgehead atoms. The van der Waals surface area contributed by atoms with Gasteiger partial charge in [0.2, 0.25) is 35.4 Å². The molecule has 17 nitrogen and oxygen atoms in total. The molecule has 2 aliphatic heterocycles. The number of likely N-dealkylation sites (tertiary alicyclic amines) is 2. The van der Waals surface area contributed by atoms with Gasteiger partial charge in [0, 0.05) is 26.1 Å². The number of rotatable bonds is 34. The Bertz CT molecular complexity index is 1500. The predicted molar refractivity (Wildman–Crippen MR) is 254 cm³/mol. The Hall–Kier alpha value is -4.44. The van der Waals surface area contributed by atoms with Gasteiger partial charge in [-0.25, -0.2) is 4.79 Å². The topological polar surface area (TPSA) is 259 Å². The van der Waals surface area contributed by atoms with Crippen LogP contribution in [-0.4, -0.2) is 119 Å². The largest absolute Gasteiger partial charge is 0.480 e. The van der Waals surface area contributed by atoms with Gasteiger partial charge in [-0.1, -0.05) is 125 Å². The third-order valence-corrected chi connectivity index (χ3v) is 12.4. The monoisotopic (exact) mass is 918 g/mol. The van der Waals surface area contributed by atoms with Crippen molar-refractivity contribution in [3.63, 3.8) is 0 Å². The second kappa shape index (κ2) is 32.3. The third-order valence-electron chi connectivity index (χ3n) is 12.4. The summed E-state index contributed by atoms with van der Waals surface area (Å²) in [6, 6.07) is -4.96. The number of carboxylic acid groups (broad SMARTS) is 1. The van der Waals surface area contributed by atoms with Gasteiger partial charge in [-0.15, -0.1) is 0 Å². The van der Waals surface area contributed by atoms with Gasteiger partial charge in [0.15, 0.2) is 5.96 Å². The van der Waals surface area contributed by atoms with E-state index in [4.69, 9.17) is 11.5 Å². The van der Waals surface area contributed by atoms with Crippen LogP contribution >= 0.6 is 0 Å². The zero-order valence-corrected chi connectivity index (χ0v) is 40.6. The Labute approximate surface area is 389 Å². The lowest BCUT2D eigenvalue weighted by Crippen LogP contribution is -2.58. The normalized spacial score (nSPS) is 17.4. The van der Waals surface area contributed by atoms with Gasteiger partial charge in [0.1, 0.15) is 30.2 Å². The number of nitrogens with one attached hydrogen (secondary N) is 4. The first-order valence-electron chi connectivity index (χ1n) is 25.1. The van der Waals surface area contributed by atoms with Crippen LogP contribution in [-0.2, 0) is 33.6 Å². The number of unbranched alkanes of at least 4 members (excludes halogenated alkanes) is 14. The van der Waals surface area contributed by atoms with E-state index in [0.717, 1.165) is 19.3 Å². The van der Waals surface area contributed by atoms with E-state index in [0.29, 0.717) is 51.5 Å². The Morgan fingerprint density at radius 2 is 1.11 bits per heavy atom. The number of aliphatic imine (C=N–C) groups is 1. The van der Waals surface area contributed by atoms with Crippen LogP contribution in [0.3, 0.4) is 0 Å². The Balaban J connectivity index is 1.88. The second-order valence-electron chi connectivity index (χ2n) is 19.1. The average molecular weight is 918 g/mol. The molecule has 2 heterocycles. The van der Waals surface area contributed by atoms with Crippen molar-refractivity contribution in [3.05, 3.63) is 0 Å². The molecule has 2 fully saturated rings. The molecular weight excluding hydrogens is 831 g/mol. The van der Waals surface area contributed by atoms with E-state index in [-0.39, 0.29) is 62.1 Å². The van der Waals surface area contributed by atoms with Crippen molar-refractivity contribution in [1.29, 1.82) is 0 Å². The number of amides is 6. The minimum absolute atomic E-state index is 0.000887. The standard InChI is InChI=1S/C48H87N9O8/c1-6-7-8-9-10-11-12-13-14-15-16-17-18-19-20-27-41(58)52-33-42(59)56-29-22-25-39(56)44(61)55-38(32-35(4)5)46(63)57-30-23-26-40(57)45(62)54-37(31-34(2)3)43(60)53-36(47(64)65)24-21-28-51-48(49)50/h34-40H,6-33H2,1-5H3,(H,52,58)(H,53,60)(H,54,62)(H,55,61)(H,64,65)(H4,49,50,51)/t36-,37-,38-,39-,40-/m0/s1. The Morgan fingerprint density at radius 3 is 1.62 bits per heavy atom. The molecule has 2 saturated heterocycles. The summed E-state index contributed by atoms with van der Waals surface area (Å²) in [7, 11) is 0. The Morgan fingerprint density at radius 1 is 0.631 bits per heavy atom. The highest BCUT2D eigenvalue weighted by Crippen LogP contribution is 2.23. The summed E-state index contributed by atoms with van der Waals surface area (Å²) in [6.07, 6.45) is 21.7. The lowest BCUT2D eigenvalue weighted by atomic mass is 10.0. The smallest absolute Gasteiger partial charge is 0.326 e. The number of hydrogen-bond acceptors (Lipinski definition) is 8. The van der Waals surface area contributed by atoms with Crippen molar-refractivity contribution < 1.29 is 38.7 Å². The fraction of sp³-hybridized carbons (Fsp3) is 0.833. The first kappa shape index (κ1) is 56.7. The van der Waals surface area contributed by atoms with Crippen molar-refractivity contribution in [1.82, 2.24) is 31.1 Å². The van der Waals surface area contributed by atoms with Crippen LogP contribution in [0.5, 0.6) is 0 Å². The maximum atomic E-state index is 14.2. The Kier molecular flexibility index (Phi) is 28.1. The van der Waals surface area contributed by atoms with Crippen molar-refractivity contribution in [2.24, 2.45) is 28.3 Å². The molecule has 372 valence electrons. The number of carbonyl (C=O) groups excluding carboxylic acids is 6. The van der Waals surface area contributed by atoms with E-state index in [2.05, 4.69) is 33.2 Å². The van der Waals surface area contributed by atoms with Gasteiger partial charge < -0.3 is 47.6 Å². The summed E-state index contributed by atoms with van der Waals surface area (Å²) >= 11 is 0. The summed E-state index contributed by atoms with van der Waals surface area (Å²) in [5.74, 6) is -4.01. The summed E-state index contributed by atoms with van der Waals surface area (Å²) in [6.45, 7) is 10.5. The lowest BCUT2D eigenvalue weighted by Gasteiger charge is -2.32. The number of aliphatic carboxylic acids is 1. The van der Waals surface area contributed by atoms with Crippen LogP contribution in [0.1, 0.15) is 189 Å². The minimum atomic E-state index is -1.24. The molecule has 0 aromatic heterocycles. The molecule has 0 saturated carbocycles. The molecule has 0 aromatic carbocycles. The number of nitrogens with two attached hydrogens (primary N) is 2. The molecule has 0 aromatic rings. The van der Waals surface area contributed by atoms with E-state index < -0.39 is 59.8 Å². The predicted octanol–water partition coefficient (Wildman–Crippen LogP) is 5.03. The van der Waals surface area contributed by atoms with Gasteiger partial charge in [-0.3, -0.25) is 33.8 Å². The average Bonchev–Trinajstić information content (AvgIpc) is 3.95. The molecule has 9 N–H and O–H groups in total. The van der Waals surface area contributed by atoms with Gasteiger partial charge >= 0.3 is 5.97 Å². The zero-order chi connectivity index (χ0) is 48.1. The third kappa shape index (κ3) is 23.0. The fourth-order valence-electron chi connectivity index (χ4n) is 8.83. The second-order valence-corrected chi connectivity index (χ2v) is 19.1. The van der Waals surface area contributed by atoms with E-state index in [9.17, 15) is 38.7 Å². The molecule has 0 spiro atoms. The summed E-state index contributed by atoms with van der Waals surface area (Å²) < 4.78 is 0. The van der Waals surface area contributed by atoms with Crippen molar-refractivity contribution in [2.45, 2.75) is 219 Å². The molecule has 0 radical (unpaired) electrons. The molecule has 6 amide bonds. The molecular formula is C48H87N9O8. The maximum absolute atomic E-state index is 14.2. The number of guanidine groups is 1. The van der Waals surface area contributed by atoms with Crippen LogP contribution in [0.2, 0.25) is 0 Å². The number of carbonyl (C=O) groups is 7. The van der Waals surface area contributed by atoms with Crippen LogP contribution in [0.15, 0.2) is 4.99 Å². The van der Waals surface area contributed by atoms with Crippen LogP contribution in [0.4, 0.5) is 0 Å². The van der Waals surface area contributed by atoms with Gasteiger partial charge in [-0.05, 0) is 69.6 Å². The number of hydrogen-bond donors (Lipinski definition) is 7. The van der Waals surface area contributed by atoms with E-state index >= 15 is 0 Å². The molecule has 2 aliphatic rings. The van der Waals surface area contributed by atoms with Gasteiger partial charge in [0.25, 0.3) is 0 Å². The highest BCUT2D eigenvalue weighted by Gasteiger charge is 2.41. The number of nitrogens with zero attached hydrogens (tertiary/aromatic N) is 3. The van der Waals surface area contributed by atoms with Gasteiger partial charge in [-0.2, -0.15) is 0 Å². The quantitative estimate of drug-likeness (QED) is 0.0257. The first-order chi connectivity index (χ1) is 31.0. The molecule has 5 atom stereocenters. The fourth-order valence-corrected chi connectivity index (χ4v) is 8.83. The highest BCUT2D eigenvalue weighted by atomic mass is 16.4. The van der Waals surface area contributed by atoms with Crippen LogP contribution in [0.25, 0.3) is 0 Å². The maximum Gasteiger partial charge on any atom is 0.326 e. The van der Waals surface area contributed by atoms with Crippen LogP contribution in [0, 0.1) is 11.8 Å².